The highest BCUT2D eigenvalue weighted by Crippen LogP contribution is 2.15. The van der Waals surface area contributed by atoms with E-state index >= 15 is 0 Å². The fourth-order valence-corrected chi connectivity index (χ4v) is 4.05. The molecule has 0 aromatic carbocycles. The lowest BCUT2D eigenvalue weighted by atomic mass is 10.0. The molecule has 4 heteroatoms. The average Bonchev–Trinajstić information content (AvgIpc) is 3.12. The van der Waals surface area contributed by atoms with Crippen LogP contribution in [0.3, 0.4) is 0 Å². The van der Waals surface area contributed by atoms with E-state index in [1.165, 1.54) is 95.7 Å². The molecule has 1 aliphatic heterocycles. The Morgan fingerprint density at radius 2 is 1.43 bits per heavy atom. The summed E-state index contributed by atoms with van der Waals surface area (Å²) in [5.41, 5.74) is 5.52. The van der Waals surface area contributed by atoms with Crippen molar-refractivity contribution in [1.29, 1.82) is 0 Å². The van der Waals surface area contributed by atoms with Crippen LogP contribution in [0.4, 0.5) is 0 Å². The van der Waals surface area contributed by atoms with Gasteiger partial charge in [0.05, 0.1) is 12.4 Å². The minimum atomic E-state index is 0.722. The lowest BCUT2D eigenvalue weighted by molar-refractivity contribution is 0.435. The summed E-state index contributed by atoms with van der Waals surface area (Å²) >= 11 is 0. The topological polar surface area (TPSA) is 53.6 Å². The molecule has 0 fully saturated rings. The van der Waals surface area contributed by atoms with Crippen LogP contribution in [0.1, 0.15) is 104 Å². The highest BCUT2D eigenvalue weighted by atomic mass is 15.2. The van der Waals surface area contributed by atoms with Crippen LogP contribution in [0.2, 0.25) is 0 Å². The van der Waals surface area contributed by atoms with Crippen molar-refractivity contribution in [3.05, 3.63) is 0 Å². The fraction of sp³-hybridized carbons (Fsp3) is 0.958. The van der Waals surface area contributed by atoms with Crippen LogP contribution in [0.5, 0.6) is 0 Å². The Hall–Kier alpha value is -0.610. The van der Waals surface area contributed by atoms with Crippen molar-refractivity contribution in [1.82, 2.24) is 10.2 Å². The maximum absolute atomic E-state index is 5.52. The fourth-order valence-electron chi connectivity index (χ4n) is 4.05. The van der Waals surface area contributed by atoms with Gasteiger partial charge >= 0.3 is 0 Å². The van der Waals surface area contributed by atoms with Gasteiger partial charge in [-0.25, -0.2) is 0 Å². The monoisotopic (exact) mass is 394 g/mol. The Labute approximate surface area is 176 Å². The minimum Gasteiger partial charge on any atom is -0.357 e. The Morgan fingerprint density at radius 3 is 2.00 bits per heavy atom. The Morgan fingerprint density at radius 1 is 0.857 bits per heavy atom. The highest BCUT2D eigenvalue weighted by molar-refractivity contribution is 5.83. The van der Waals surface area contributed by atoms with E-state index in [4.69, 9.17) is 10.7 Å². The number of nitrogens with zero attached hydrogens (tertiary/aromatic N) is 2. The predicted molar refractivity (Wildman–Crippen MR) is 125 cm³/mol. The molecule has 0 unspecified atom stereocenters. The molecule has 0 amide bonds. The van der Waals surface area contributed by atoms with Gasteiger partial charge < -0.3 is 16.0 Å². The molecule has 0 aromatic heterocycles. The lowest BCUT2D eigenvalue weighted by Crippen LogP contribution is -2.36. The number of unbranched alkanes of at least 4 members (excludes halogenated alkanes) is 11. The van der Waals surface area contributed by atoms with Gasteiger partial charge in [-0.1, -0.05) is 90.9 Å². The van der Waals surface area contributed by atoms with Gasteiger partial charge in [-0.15, -0.1) is 0 Å². The number of rotatable bonds is 20. The minimum absolute atomic E-state index is 0.722. The van der Waals surface area contributed by atoms with Crippen LogP contribution in [-0.4, -0.2) is 50.0 Å². The highest BCUT2D eigenvalue weighted by Gasteiger charge is 2.15. The van der Waals surface area contributed by atoms with E-state index in [-0.39, 0.29) is 0 Å². The zero-order valence-electron chi connectivity index (χ0n) is 19.2. The number of nitrogens with one attached hydrogen (secondary N) is 1. The van der Waals surface area contributed by atoms with Crippen LogP contribution in [0.25, 0.3) is 0 Å². The normalized spacial score (nSPS) is 14.3. The molecule has 166 valence electrons. The molecule has 3 N–H and O–H groups in total. The van der Waals surface area contributed by atoms with Crippen molar-refractivity contribution in [2.75, 3.05) is 39.3 Å². The first kappa shape index (κ1) is 25.4. The summed E-state index contributed by atoms with van der Waals surface area (Å²) in [6, 6.07) is 0. The quantitative estimate of drug-likeness (QED) is 0.273. The predicted octanol–water partition coefficient (Wildman–Crippen LogP) is 5.37. The third-order valence-electron chi connectivity index (χ3n) is 5.84. The zero-order chi connectivity index (χ0) is 20.3. The van der Waals surface area contributed by atoms with Crippen molar-refractivity contribution in [2.45, 2.75) is 104 Å². The van der Waals surface area contributed by atoms with E-state index in [2.05, 4.69) is 24.1 Å². The van der Waals surface area contributed by atoms with Gasteiger partial charge in [-0.3, -0.25) is 4.99 Å². The summed E-state index contributed by atoms with van der Waals surface area (Å²) in [6.07, 6.45) is 19.7. The molecule has 0 aromatic rings. The second-order valence-electron chi connectivity index (χ2n) is 9.00. The molecule has 0 saturated heterocycles. The molecule has 0 radical (unpaired) electrons. The van der Waals surface area contributed by atoms with Crippen LogP contribution >= 0.6 is 0 Å². The van der Waals surface area contributed by atoms with Crippen molar-refractivity contribution in [3.63, 3.8) is 0 Å². The second kappa shape index (κ2) is 18.4. The summed E-state index contributed by atoms with van der Waals surface area (Å²) in [6.45, 7) is 10.5. The maximum atomic E-state index is 5.52. The van der Waals surface area contributed by atoms with Gasteiger partial charge in [-0.05, 0) is 12.3 Å². The molecule has 28 heavy (non-hydrogen) atoms. The standard InChI is InChI=1S/C24H50N4/c1-23(2)15-13-11-9-7-5-3-4-6-8-10-12-14-16-24-27-20-22-28(24)21-19-26-18-17-25/h23,26H,3-22,25H2,1-2H3. The third kappa shape index (κ3) is 14.4. The lowest BCUT2D eigenvalue weighted by Gasteiger charge is -2.20. The number of hydrogen-bond acceptors (Lipinski definition) is 4. The molecule has 1 rings (SSSR count). The molecule has 0 atom stereocenters. The second-order valence-corrected chi connectivity index (χ2v) is 9.00. The van der Waals surface area contributed by atoms with E-state index in [9.17, 15) is 0 Å². The first-order valence-electron chi connectivity index (χ1n) is 12.4. The molecule has 0 saturated carbocycles. The van der Waals surface area contributed by atoms with Crippen molar-refractivity contribution >= 4 is 5.84 Å². The molecule has 1 heterocycles. The summed E-state index contributed by atoms with van der Waals surface area (Å²) in [7, 11) is 0. The van der Waals surface area contributed by atoms with Crippen molar-refractivity contribution < 1.29 is 0 Å². The van der Waals surface area contributed by atoms with E-state index in [1.807, 2.05) is 0 Å². The van der Waals surface area contributed by atoms with Gasteiger partial charge in [0.15, 0.2) is 0 Å². The van der Waals surface area contributed by atoms with Crippen LogP contribution in [0.15, 0.2) is 4.99 Å². The molecule has 1 aliphatic rings. The van der Waals surface area contributed by atoms with Crippen LogP contribution < -0.4 is 11.1 Å². The molecular formula is C24H50N4. The first-order chi connectivity index (χ1) is 13.7. The van der Waals surface area contributed by atoms with E-state index in [1.54, 1.807) is 0 Å². The molecule has 0 spiro atoms. The zero-order valence-corrected chi connectivity index (χ0v) is 19.2. The summed E-state index contributed by atoms with van der Waals surface area (Å²) in [5, 5.41) is 3.38. The van der Waals surface area contributed by atoms with Gasteiger partial charge in [0.2, 0.25) is 0 Å². The Balaban J connectivity index is 1.82. The van der Waals surface area contributed by atoms with Crippen LogP contribution in [0, 0.1) is 5.92 Å². The summed E-state index contributed by atoms with van der Waals surface area (Å²) in [5.74, 6) is 2.23. The third-order valence-corrected chi connectivity index (χ3v) is 5.84. The molecule has 4 nitrogen and oxygen atoms in total. The van der Waals surface area contributed by atoms with E-state index in [0.717, 1.165) is 45.2 Å². The largest absolute Gasteiger partial charge is 0.357 e. The summed E-state index contributed by atoms with van der Waals surface area (Å²) < 4.78 is 0. The van der Waals surface area contributed by atoms with Gasteiger partial charge in [-0.2, -0.15) is 0 Å². The molecule has 0 bridgehead atoms. The Kier molecular flexibility index (Phi) is 16.7. The molecular weight excluding hydrogens is 344 g/mol. The number of nitrogens with two attached hydrogens (primary N) is 1. The van der Waals surface area contributed by atoms with Gasteiger partial charge in [0.1, 0.15) is 0 Å². The molecule has 0 aliphatic carbocycles. The smallest absolute Gasteiger partial charge is 0.0990 e. The number of aliphatic imine (C=N–C) groups is 1. The van der Waals surface area contributed by atoms with Gasteiger partial charge in [0, 0.05) is 39.1 Å². The number of amidine groups is 1. The van der Waals surface area contributed by atoms with Gasteiger partial charge in [0.25, 0.3) is 0 Å². The Bertz CT molecular complexity index is 368. The van der Waals surface area contributed by atoms with E-state index in [0.29, 0.717) is 0 Å². The summed E-state index contributed by atoms with van der Waals surface area (Å²) in [4.78, 5) is 7.17. The van der Waals surface area contributed by atoms with E-state index < -0.39 is 0 Å². The maximum Gasteiger partial charge on any atom is 0.0990 e. The SMILES string of the molecule is CC(C)CCCCCCCCCCCCCCC1=NCCN1CCNCCN. The first-order valence-corrected chi connectivity index (χ1v) is 12.4. The number of hydrogen-bond donors (Lipinski definition) is 2. The van der Waals surface area contributed by atoms with Crippen LogP contribution in [-0.2, 0) is 0 Å². The average molecular weight is 395 g/mol. The van der Waals surface area contributed by atoms with Crippen molar-refractivity contribution in [3.8, 4) is 0 Å². The van der Waals surface area contributed by atoms with Crippen molar-refractivity contribution in [2.24, 2.45) is 16.6 Å².